The summed E-state index contributed by atoms with van der Waals surface area (Å²) < 4.78 is 2.16. The number of rotatable bonds is 6. The smallest absolute Gasteiger partial charge is 0.193 e. The molecule has 2 heterocycles. The van der Waals surface area contributed by atoms with Gasteiger partial charge in [-0.1, -0.05) is 13.3 Å². The molecule has 4 atom stereocenters. The van der Waals surface area contributed by atoms with E-state index in [0.717, 1.165) is 35.7 Å². The summed E-state index contributed by atoms with van der Waals surface area (Å²) in [6, 6.07) is 0.629. The topological polar surface area (TPSA) is 29.3 Å². The van der Waals surface area contributed by atoms with Gasteiger partial charge in [-0.15, -0.1) is 11.3 Å². The van der Waals surface area contributed by atoms with Crippen molar-refractivity contribution in [2.75, 3.05) is 6.54 Å². The highest BCUT2D eigenvalue weighted by atomic mass is 32.1. The summed E-state index contributed by atoms with van der Waals surface area (Å²) in [4.78, 5) is 5.93. The van der Waals surface area contributed by atoms with E-state index < -0.39 is 0 Å². The number of hydrogen-bond donors (Lipinski definition) is 1. The van der Waals surface area contributed by atoms with Crippen LogP contribution in [-0.4, -0.2) is 22.0 Å². The Balaban J connectivity index is 1.50. The molecule has 0 radical (unpaired) electrons. The van der Waals surface area contributed by atoms with Crippen LogP contribution in [0, 0.1) is 17.8 Å². The lowest BCUT2D eigenvalue weighted by Gasteiger charge is -2.31. The Kier molecular flexibility index (Phi) is 3.76. The monoisotopic (exact) mass is 303 g/mol. The van der Waals surface area contributed by atoms with Crippen LogP contribution in [0.15, 0.2) is 17.8 Å². The first kappa shape index (κ1) is 13.8. The molecule has 0 aromatic carbocycles. The molecule has 2 aromatic heterocycles. The number of thiazole rings is 1. The van der Waals surface area contributed by atoms with Crippen molar-refractivity contribution in [1.29, 1.82) is 0 Å². The Labute approximate surface area is 130 Å². The molecule has 2 bridgehead atoms. The second-order valence-electron chi connectivity index (χ2n) is 6.93. The lowest BCUT2D eigenvalue weighted by Crippen LogP contribution is -2.41. The van der Waals surface area contributed by atoms with Crippen molar-refractivity contribution in [3.05, 3.63) is 23.5 Å². The predicted molar refractivity (Wildman–Crippen MR) is 87.8 cm³/mol. The first-order chi connectivity index (χ1) is 10.3. The average Bonchev–Trinajstić information content (AvgIpc) is 3.22. The van der Waals surface area contributed by atoms with Crippen LogP contribution < -0.4 is 5.32 Å². The summed E-state index contributed by atoms with van der Waals surface area (Å²) in [5, 5.41) is 5.94. The summed E-state index contributed by atoms with van der Waals surface area (Å²) in [6.45, 7) is 3.40. The summed E-state index contributed by atoms with van der Waals surface area (Å²) in [6.07, 6.45) is 12.6. The van der Waals surface area contributed by atoms with E-state index in [1.165, 1.54) is 37.8 Å². The van der Waals surface area contributed by atoms with Crippen molar-refractivity contribution in [3.63, 3.8) is 0 Å². The van der Waals surface area contributed by atoms with Gasteiger partial charge in [-0.25, -0.2) is 4.98 Å². The molecule has 4 unspecified atom stereocenters. The standard InChI is InChI=1S/C17H25N3S/c1-2-5-18-16(15-9-12-3-4-13(15)8-12)10-14-11-20-6-7-21-17(20)19-14/h6-7,11-13,15-16,18H,2-5,8-10H2,1H3. The maximum Gasteiger partial charge on any atom is 0.193 e. The number of imidazole rings is 1. The molecule has 1 N–H and O–H groups in total. The van der Waals surface area contributed by atoms with Crippen LogP contribution >= 0.6 is 11.3 Å². The highest BCUT2D eigenvalue weighted by Crippen LogP contribution is 2.49. The van der Waals surface area contributed by atoms with Crippen LogP contribution in [0.1, 0.15) is 44.7 Å². The van der Waals surface area contributed by atoms with Gasteiger partial charge in [0.2, 0.25) is 0 Å². The number of fused-ring (bicyclic) bond motifs is 3. The molecule has 0 spiro atoms. The van der Waals surface area contributed by atoms with Crippen molar-refractivity contribution in [1.82, 2.24) is 14.7 Å². The SMILES string of the molecule is CCCNC(Cc1cn2ccsc2n1)C1CC2CCC1C2. The number of nitrogens with one attached hydrogen (secondary N) is 1. The third-order valence-corrected chi connectivity index (χ3v) is 6.31. The zero-order chi connectivity index (χ0) is 14.2. The van der Waals surface area contributed by atoms with Crippen LogP contribution in [0.4, 0.5) is 0 Å². The minimum Gasteiger partial charge on any atom is -0.313 e. The van der Waals surface area contributed by atoms with Crippen LogP contribution in [0.3, 0.4) is 0 Å². The van der Waals surface area contributed by atoms with Gasteiger partial charge in [-0.05, 0) is 50.0 Å². The maximum atomic E-state index is 4.80. The predicted octanol–water partition coefficient (Wildman–Crippen LogP) is 3.74. The minimum absolute atomic E-state index is 0.629. The van der Waals surface area contributed by atoms with Gasteiger partial charge >= 0.3 is 0 Å². The fourth-order valence-electron chi connectivity index (χ4n) is 4.59. The molecule has 2 aliphatic carbocycles. The minimum atomic E-state index is 0.629. The molecule has 2 aliphatic rings. The third kappa shape index (κ3) is 2.64. The van der Waals surface area contributed by atoms with Crippen molar-refractivity contribution in [2.24, 2.45) is 17.8 Å². The van der Waals surface area contributed by atoms with E-state index in [2.05, 4.69) is 34.4 Å². The van der Waals surface area contributed by atoms with Gasteiger partial charge in [0.25, 0.3) is 0 Å². The fourth-order valence-corrected chi connectivity index (χ4v) is 5.31. The van der Waals surface area contributed by atoms with Crippen molar-refractivity contribution in [2.45, 2.75) is 51.5 Å². The molecule has 21 heavy (non-hydrogen) atoms. The molecule has 3 nitrogen and oxygen atoms in total. The molecule has 4 heteroatoms. The summed E-state index contributed by atoms with van der Waals surface area (Å²) in [5.74, 6) is 2.89. The number of nitrogens with zero attached hydrogens (tertiary/aromatic N) is 2. The Hall–Kier alpha value is -0.870. The molecule has 0 saturated heterocycles. The van der Waals surface area contributed by atoms with E-state index in [1.807, 2.05) is 0 Å². The molecular weight excluding hydrogens is 278 g/mol. The van der Waals surface area contributed by atoms with Crippen molar-refractivity contribution in [3.8, 4) is 0 Å². The molecule has 2 fully saturated rings. The third-order valence-electron chi connectivity index (χ3n) is 5.54. The Morgan fingerprint density at radius 2 is 2.38 bits per heavy atom. The zero-order valence-corrected chi connectivity index (χ0v) is 13.6. The largest absolute Gasteiger partial charge is 0.313 e. The number of hydrogen-bond acceptors (Lipinski definition) is 3. The maximum absolute atomic E-state index is 4.80. The van der Waals surface area contributed by atoms with Crippen molar-refractivity contribution >= 4 is 16.3 Å². The summed E-state index contributed by atoms with van der Waals surface area (Å²) >= 11 is 1.73. The van der Waals surface area contributed by atoms with Crippen LogP contribution in [-0.2, 0) is 6.42 Å². The summed E-state index contributed by atoms with van der Waals surface area (Å²) in [5.41, 5.74) is 1.26. The van der Waals surface area contributed by atoms with E-state index >= 15 is 0 Å². The van der Waals surface area contributed by atoms with E-state index in [9.17, 15) is 0 Å². The lowest BCUT2D eigenvalue weighted by atomic mass is 9.81. The first-order valence-corrected chi connectivity index (χ1v) is 9.36. The molecule has 2 saturated carbocycles. The van der Waals surface area contributed by atoms with Gasteiger partial charge in [0, 0.05) is 30.2 Å². The fraction of sp³-hybridized carbons (Fsp3) is 0.706. The van der Waals surface area contributed by atoms with E-state index in [4.69, 9.17) is 4.98 Å². The van der Waals surface area contributed by atoms with Gasteiger partial charge in [0.05, 0.1) is 5.69 Å². The highest BCUT2D eigenvalue weighted by Gasteiger charge is 2.42. The molecule has 4 rings (SSSR count). The zero-order valence-electron chi connectivity index (χ0n) is 12.8. The second-order valence-corrected chi connectivity index (χ2v) is 7.80. The molecule has 0 aliphatic heterocycles. The normalized spacial score (nSPS) is 29.5. The molecule has 2 aromatic rings. The van der Waals surface area contributed by atoms with Crippen molar-refractivity contribution < 1.29 is 0 Å². The van der Waals surface area contributed by atoms with Gasteiger partial charge in [0.1, 0.15) is 0 Å². The first-order valence-electron chi connectivity index (χ1n) is 8.48. The molecular formula is C17H25N3S. The van der Waals surface area contributed by atoms with E-state index in [0.29, 0.717) is 6.04 Å². The Morgan fingerprint density at radius 3 is 3.10 bits per heavy atom. The van der Waals surface area contributed by atoms with Crippen LogP contribution in [0.2, 0.25) is 0 Å². The van der Waals surface area contributed by atoms with E-state index in [-0.39, 0.29) is 0 Å². The Morgan fingerprint density at radius 1 is 1.43 bits per heavy atom. The average molecular weight is 303 g/mol. The van der Waals surface area contributed by atoms with Gasteiger partial charge < -0.3 is 5.32 Å². The lowest BCUT2D eigenvalue weighted by molar-refractivity contribution is 0.246. The van der Waals surface area contributed by atoms with Gasteiger partial charge in [-0.3, -0.25) is 4.40 Å². The highest BCUT2D eigenvalue weighted by molar-refractivity contribution is 7.15. The second kappa shape index (κ2) is 5.73. The number of aromatic nitrogens is 2. The molecule has 114 valence electrons. The van der Waals surface area contributed by atoms with E-state index in [1.54, 1.807) is 11.3 Å². The quantitative estimate of drug-likeness (QED) is 0.881. The summed E-state index contributed by atoms with van der Waals surface area (Å²) in [7, 11) is 0. The van der Waals surface area contributed by atoms with Gasteiger partial charge in [0.15, 0.2) is 4.96 Å². The molecule has 0 amide bonds. The van der Waals surface area contributed by atoms with Crippen LogP contribution in [0.25, 0.3) is 4.96 Å². The Bertz CT molecular complexity index is 573. The van der Waals surface area contributed by atoms with Crippen LogP contribution in [0.5, 0.6) is 0 Å². The van der Waals surface area contributed by atoms with Gasteiger partial charge in [-0.2, -0.15) is 0 Å².